The minimum absolute atomic E-state index is 0.121. The van der Waals surface area contributed by atoms with Crippen LogP contribution in [0.15, 0.2) is 23.1 Å². The summed E-state index contributed by atoms with van der Waals surface area (Å²) in [6.07, 6.45) is 1.65. The van der Waals surface area contributed by atoms with Crippen molar-refractivity contribution in [1.29, 1.82) is 0 Å². The Hall–Kier alpha value is -2.02. The van der Waals surface area contributed by atoms with E-state index in [2.05, 4.69) is 5.10 Å². The van der Waals surface area contributed by atoms with Gasteiger partial charge in [-0.25, -0.2) is 9.18 Å². The minimum Gasteiger partial charge on any atom is -0.507 e. The summed E-state index contributed by atoms with van der Waals surface area (Å²) >= 11 is 1.08. The van der Waals surface area contributed by atoms with Gasteiger partial charge in [0.25, 0.3) is 0 Å². The van der Waals surface area contributed by atoms with Gasteiger partial charge in [0.2, 0.25) is 0 Å². The number of halogens is 1. The monoisotopic (exact) mass is 282 g/mol. The number of aromatic carboxylic acids is 1. The van der Waals surface area contributed by atoms with Crippen LogP contribution < -0.4 is 0 Å². The van der Waals surface area contributed by atoms with E-state index in [4.69, 9.17) is 5.11 Å². The molecule has 1 aromatic heterocycles. The van der Waals surface area contributed by atoms with Crippen LogP contribution in [0, 0.1) is 5.82 Å². The molecular formula is C12H11FN2O3S. The number of thioether (sulfide) groups is 1. The highest BCUT2D eigenvalue weighted by atomic mass is 32.2. The molecule has 0 spiro atoms. The molecule has 0 aliphatic heterocycles. The van der Waals surface area contributed by atoms with Gasteiger partial charge in [0.05, 0.1) is 10.6 Å². The highest BCUT2D eigenvalue weighted by Crippen LogP contribution is 2.35. The molecule has 2 rings (SSSR count). The Morgan fingerprint density at radius 2 is 2.16 bits per heavy atom. The lowest BCUT2D eigenvalue weighted by molar-refractivity contribution is 0.0689. The smallest absolute Gasteiger partial charge is 0.356 e. The Labute approximate surface area is 112 Å². The fourth-order valence-corrected chi connectivity index (χ4v) is 2.33. The second-order valence-corrected chi connectivity index (χ2v) is 4.64. The van der Waals surface area contributed by atoms with Crippen LogP contribution in [0.3, 0.4) is 0 Å². The third-order valence-electron chi connectivity index (χ3n) is 2.66. The third kappa shape index (κ3) is 2.28. The number of phenolic OH excluding ortho intramolecular Hbond substituents is 1. The van der Waals surface area contributed by atoms with Gasteiger partial charge in [-0.15, -0.1) is 11.8 Å². The number of nitrogens with zero attached hydrogens (tertiary/aromatic N) is 2. The predicted octanol–water partition coefficient (Wildman–Crippen LogP) is 2.35. The molecule has 0 aliphatic rings. The molecule has 1 heterocycles. The summed E-state index contributed by atoms with van der Waals surface area (Å²) in [6, 6.07) is 4.06. The van der Waals surface area contributed by atoms with Crippen molar-refractivity contribution in [2.45, 2.75) is 4.90 Å². The van der Waals surface area contributed by atoms with Crippen molar-refractivity contribution in [2.75, 3.05) is 6.26 Å². The Morgan fingerprint density at radius 3 is 2.68 bits per heavy atom. The average molecular weight is 282 g/mol. The minimum atomic E-state index is -1.17. The molecular weight excluding hydrogens is 271 g/mol. The second-order valence-electron chi connectivity index (χ2n) is 3.82. The summed E-state index contributed by atoms with van der Waals surface area (Å²) in [5, 5.41) is 22.2. The molecule has 0 bridgehead atoms. The maximum atomic E-state index is 14.2. The second kappa shape index (κ2) is 4.93. The quantitative estimate of drug-likeness (QED) is 0.845. The van der Waals surface area contributed by atoms with E-state index in [1.54, 1.807) is 6.26 Å². The van der Waals surface area contributed by atoms with Crippen LogP contribution in [-0.2, 0) is 7.05 Å². The molecule has 5 nitrogen and oxygen atoms in total. The summed E-state index contributed by atoms with van der Waals surface area (Å²) in [6.45, 7) is 0. The molecule has 0 fully saturated rings. The summed E-state index contributed by atoms with van der Waals surface area (Å²) in [5.41, 5.74) is 0.380. The van der Waals surface area contributed by atoms with Crippen molar-refractivity contribution < 1.29 is 19.4 Å². The van der Waals surface area contributed by atoms with Crippen LogP contribution in [0.5, 0.6) is 5.75 Å². The van der Waals surface area contributed by atoms with Gasteiger partial charge in [0.15, 0.2) is 5.69 Å². The van der Waals surface area contributed by atoms with Crippen LogP contribution in [0.2, 0.25) is 0 Å². The fourth-order valence-electron chi connectivity index (χ4n) is 1.76. The molecule has 100 valence electrons. The number of carbonyl (C=O) groups is 1. The molecule has 0 saturated heterocycles. The van der Waals surface area contributed by atoms with E-state index in [0.717, 1.165) is 11.8 Å². The van der Waals surface area contributed by atoms with Crippen molar-refractivity contribution in [3.8, 4) is 17.0 Å². The molecule has 19 heavy (non-hydrogen) atoms. The number of hydrogen-bond donors (Lipinski definition) is 2. The van der Waals surface area contributed by atoms with Gasteiger partial charge in [0, 0.05) is 12.6 Å². The molecule has 0 aliphatic carbocycles. The van der Waals surface area contributed by atoms with E-state index < -0.39 is 11.8 Å². The number of carboxylic acids is 1. The first-order valence-electron chi connectivity index (χ1n) is 5.29. The summed E-state index contributed by atoms with van der Waals surface area (Å²) < 4.78 is 15.5. The van der Waals surface area contributed by atoms with E-state index in [1.165, 1.54) is 29.9 Å². The highest BCUT2D eigenvalue weighted by Gasteiger charge is 2.18. The van der Waals surface area contributed by atoms with E-state index >= 15 is 0 Å². The Morgan fingerprint density at radius 1 is 1.47 bits per heavy atom. The number of hydrogen-bond acceptors (Lipinski definition) is 4. The van der Waals surface area contributed by atoms with E-state index in [-0.39, 0.29) is 21.9 Å². The fraction of sp³-hybridized carbons (Fsp3) is 0.167. The van der Waals surface area contributed by atoms with Gasteiger partial charge < -0.3 is 10.2 Å². The maximum absolute atomic E-state index is 14.2. The van der Waals surface area contributed by atoms with Crippen molar-refractivity contribution in [3.05, 3.63) is 29.7 Å². The van der Waals surface area contributed by atoms with Crippen LogP contribution in [0.4, 0.5) is 4.39 Å². The summed E-state index contributed by atoms with van der Waals surface area (Å²) in [4.78, 5) is 11.0. The number of aromatic nitrogens is 2. The highest BCUT2D eigenvalue weighted by molar-refractivity contribution is 7.98. The first-order valence-corrected chi connectivity index (χ1v) is 6.51. The molecule has 2 aromatic rings. The lowest BCUT2D eigenvalue weighted by atomic mass is 10.1. The molecule has 0 saturated carbocycles. The zero-order chi connectivity index (χ0) is 14.2. The summed E-state index contributed by atoms with van der Waals surface area (Å²) in [7, 11) is 1.53. The maximum Gasteiger partial charge on any atom is 0.356 e. The van der Waals surface area contributed by atoms with E-state index in [9.17, 15) is 14.3 Å². The number of phenols is 1. The van der Waals surface area contributed by atoms with Crippen LogP contribution in [0.1, 0.15) is 10.5 Å². The van der Waals surface area contributed by atoms with Crippen LogP contribution >= 0.6 is 11.8 Å². The number of aromatic hydroxyl groups is 1. The molecule has 0 unspecified atom stereocenters. The Bertz CT molecular complexity index is 655. The molecule has 2 N–H and O–H groups in total. The van der Waals surface area contributed by atoms with Crippen molar-refractivity contribution >= 4 is 17.7 Å². The van der Waals surface area contributed by atoms with Gasteiger partial charge in [-0.2, -0.15) is 5.10 Å². The molecule has 1 aromatic carbocycles. The largest absolute Gasteiger partial charge is 0.507 e. The van der Waals surface area contributed by atoms with Crippen LogP contribution in [0.25, 0.3) is 11.3 Å². The topological polar surface area (TPSA) is 75.3 Å². The zero-order valence-corrected chi connectivity index (χ0v) is 11.0. The van der Waals surface area contributed by atoms with Gasteiger partial charge in [-0.1, -0.05) is 0 Å². The number of benzene rings is 1. The van der Waals surface area contributed by atoms with Gasteiger partial charge in [-0.3, -0.25) is 4.68 Å². The standard InChI is InChI=1S/C12H11FN2O3S/c1-15-8(5-7(14-15)12(17)18)6-3-4-9(16)11(19-2)10(6)13/h3-5,16H,1-2H3,(H,17,18). The first kappa shape index (κ1) is 13.4. The van der Waals surface area contributed by atoms with Crippen molar-refractivity contribution in [1.82, 2.24) is 9.78 Å². The van der Waals surface area contributed by atoms with E-state index in [1.807, 2.05) is 0 Å². The normalized spacial score (nSPS) is 10.7. The zero-order valence-electron chi connectivity index (χ0n) is 10.2. The lowest BCUT2D eigenvalue weighted by Gasteiger charge is -2.08. The average Bonchev–Trinajstić information content (AvgIpc) is 2.72. The summed E-state index contributed by atoms with van der Waals surface area (Å²) in [5.74, 6) is -1.91. The first-order chi connectivity index (χ1) is 8.95. The lowest BCUT2D eigenvalue weighted by Crippen LogP contribution is -1.99. The van der Waals surface area contributed by atoms with Gasteiger partial charge in [-0.05, 0) is 24.5 Å². The van der Waals surface area contributed by atoms with E-state index in [0.29, 0.717) is 5.69 Å². The molecule has 0 atom stereocenters. The van der Waals surface area contributed by atoms with Crippen molar-refractivity contribution in [3.63, 3.8) is 0 Å². The number of carboxylic acid groups (broad SMARTS) is 1. The predicted molar refractivity (Wildman–Crippen MR) is 69.0 cm³/mol. The third-order valence-corrected chi connectivity index (χ3v) is 3.45. The van der Waals surface area contributed by atoms with Crippen molar-refractivity contribution in [2.24, 2.45) is 7.05 Å². The van der Waals surface area contributed by atoms with Gasteiger partial charge >= 0.3 is 5.97 Å². The Kier molecular flexibility index (Phi) is 3.48. The molecule has 7 heteroatoms. The Balaban J connectivity index is 2.62. The molecule has 0 amide bonds. The number of aryl methyl sites for hydroxylation is 1. The molecule has 0 radical (unpaired) electrons. The van der Waals surface area contributed by atoms with Gasteiger partial charge in [0.1, 0.15) is 11.6 Å². The van der Waals surface area contributed by atoms with Crippen LogP contribution in [-0.4, -0.2) is 32.2 Å². The SMILES string of the molecule is CSc1c(O)ccc(-c2cc(C(=O)O)nn2C)c1F. The number of rotatable bonds is 3.